The summed E-state index contributed by atoms with van der Waals surface area (Å²) in [4.78, 5) is 14.1. The highest BCUT2D eigenvalue weighted by atomic mass is 127. The minimum absolute atomic E-state index is 0.0175. The van der Waals surface area contributed by atoms with E-state index in [0.717, 1.165) is 6.07 Å². The third-order valence-corrected chi connectivity index (χ3v) is 2.67. The molecule has 18 heavy (non-hydrogen) atoms. The van der Waals surface area contributed by atoms with Crippen molar-refractivity contribution in [2.75, 3.05) is 7.11 Å². The van der Waals surface area contributed by atoms with E-state index in [9.17, 15) is 18.0 Å². The summed E-state index contributed by atoms with van der Waals surface area (Å²) in [6, 6.07) is 0.897. The summed E-state index contributed by atoms with van der Waals surface area (Å²) >= 11 is 1.62. The number of aliphatic carboxylic acids is 1. The molecular weight excluding hydrogens is 370 g/mol. The molecular formula is C9H7F3INO4. The zero-order valence-electron chi connectivity index (χ0n) is 8.92. The van der Waals surface area contributed by atoms with E-state index in [-0.39, 0.29) is 15.0 Å². The number of carboxylic acids is 1. The largest absolute Gasteiger partial charge is 0.574 e. The summed E-state index contributed by atoms with van der Waals surface area (Å²) in [5, 5.41) is 8.67. The number of hydrogen-bond acceptors (Lipinski definition) is 4. The van der Waals surface area contributed by atoms with Crippen molar-refractivity contribution >= 4 is 28.6 Å². The molecule has 1 N–H and O–H groups in total. The van der Waals surface area contributed by atoms with Gasteiger partial charge < -0.3 is 14.6 Å². The summed E-state index contributed by atoms with van der Waals surface area (Å²) in [5.41, 5.74) is 0.195. The van der Waals surface area contributed by atoms with Crippen molar-refractivity contribution in [3.63, 3.8) is 0 Å². The van der Waals surface area contributed by atoms with E-state index in [1.807, 2.05) is 0 Å². The van der Waals surface area contributed by atoms with Crippen LogP contribution < -0.4 is 9.47 Å². The van der Waals surface area contributed by atoms with Gasteiger partial charge in [0.25, 0.3) is 0 Å². The van der Waals surface area contributed by atoms with Crippen molar-refractivity contribution in [1.29, 1.82) is 0 Å². The van der Waals surface area contributed by atoms with Gasteiger partial charge in [0, 0.05) is 11.6 Å². The zero-order chi connectivity index (χ0) is 13.9. The first-order valence-electron chi connectivity index (χ1n) is 4.44. The number of hydrogen-bond donors (Lipinski definition) is 1. The smallest absolute Gasteiger partial charge is 0.496 e. The van der Waals surface area contributed by atoms with E-state index in [1.165, 1.54) is 7.11 Å². The Morgan fingerprint density at radius 2 is 2.17 bits per heavy atom. The number of rotatable bonds is 4. The minimum Gasteiger partial charge on any atom is -0.496 e. The molecule has 0 radical (unpaired) electrons. The number of methoxy groups -OCH3 is 1. The molecule has 0 atom stereocenters. The van der Waals surface area contributed by atoms with E-state index in [2.05, 4.69) is 9.72 Å². The van der Waals surface area contributed by atoms with Gasteiger partial charge in [-0.2, -0.15) is 0 Å². The molecule has 5 nitrogen and oxygen atoms in total. The predicted octanol–water partition coefficient (Wildman–Crippen LogP) is 2.22. The Kier molecular flexibility index (Phi) is 4.59. The second-order valence-corrected chi connectivity index (χ2v) is 4.07. The van der Waals surface area contributed by atoms with Gasteiger partial charge in [0.05, 0.1) is 13.5 Å². The van der Waals surface area contributed by atoms with Crippen molar-refractivity contribution in [2.45, 2.75) is 12.8 Å². The Hall–Kier alpha value is -1.26. The van der Waals surface area contributed by atoms with Crippen LogP contribution in [0, 0.1) is 3.70 Å². The second kappa shape index (κ2) is 5.59. The van der Waals surface area contributed by atoms with E-state index in [1.54, 1.807) is 22.6 Å². The number of nitrogens with zero attached hydrogens (tertiary/aromatic N) is 1. The molecule has 100 valence electrons. The Bertz CT molecular complexity index is 464. The molecule has 9 heteroatoms. The van der Waals surface area contributed by atoms with Crippen molar-refractivity contribution in [3.8, 4) is 11.6 Å². The third kappa shape index (κ3) is 4.20. The summed E-state index contributed by atoms with van der Waals surface area (Å²) in [7, 11) is 1.22. The van der Waals surface area contributed by atoms with E-state index >= 15 is 0 Å². The topological polar surface area (TPSA) is 68.7 Å². The predicted molar refractivity (Wildman–Crippen MR) is 61.5 cm³/mol. The van der Waals surface area contributed by atoms with Gasteiger partial charge in [-0.3, -0.25) is 4.79 Å². The first-order valence-corrected chi connectivity index (χ1v) is 5.51. The molecule has 0 unspecified atom stereocenters. The lowest BCUT2D eigenvalue weighted by Gasteiger charge is -2.12. The second-order valence-electron chi connectivity index (χ2n) is 3.05. The fourth-order valence-corrected chi connectivity index (χ4v) is 1.86. The van der Waals surface area contributed by atoms with Crippen LogP contribution in [-0.4, -0.2) is 29.5 Å². The average molecular weight is 377 g/mol. The van der Waals surface area contributed by atoms with Crippen molar-refractivity contribution in [3.05, 3.63) is 15.3 Å². The highest BCUT2D eigenvalue weighted by Gasteiger charge is 2.32. The van der Waals surface area contributed by atoms with Gasteiger partial charge in [-0.15, -0.1) is 13.2 Å². The number of ether oxygens (including phenoxy) is 2. The molecule has 0 spiro atoms. The fourth-order valence-electron chi connectivity index (χ4n) is 1.16. The Balaban J connectivity index is 3.14. The highest BCUT2D eigenvalue weighted by Crippen LogP contribution is 2.30. The fraction of sp³-hybridized carbons (Fsp3) is 0.333. The maximum Gasteiger partial charge on any atom is 0.574 e. The first-order chi connectivity index (χ1) is 8.23. The van der Waals surface area contributed by atoms with Crippen LogP contribution in [0.4, 0.5) is 13.2 Å². The molecule has 0 aliphatic rings. The van der Waals surface area contributed by atoms with Gasteiger partial charge in [-0.05, 0) is 22.6 Å². The third-order valence-electron chi connectivity index (χ3n) is 1.78. The number of carboxylic acid groups (broad SMARTS) is 1. The molecule has 1 rings (SSSR count). The van der Waals surface area contributed by atoms with Crippen LogP contribution in [0.1, 0.15) is 5.56 Å². The standard InChI is InChI=1S/C9H7F3INO4/c1-17-5-3-6(18-9(10,11)12)14-8(13)4(5)2-7(15)16/h3H,2H2,1H3,(H,15,16). The molecule has 0 bridgehead atoms. The molecule has 0 aromatic carbocycles. The van der Waals surface area contributed by atoms with Gasteiger partial charge in [0.2, 0.25) is 5.88 Å². The number of halogens is 4. The van der Waals surface area contributed by atoms with Gasteiger partial charge >= 0.3 is 12.3 Å². The highest BCUT2D eigenvalue weighted by molar-refractivity contribution is 14.1. The van der Waals surface area contributed by atoms with Crippen LogP contribution in [0.15, 0.2) is 6.07 Å². The molecule has 0 aliphatic heterocycles. The van der Waals surface area contributed by atoms with Gasteiger partial charge in [0.1, 0.15) is 9.45 Å². The average Bonchev–Trinajstić information content (AvgIpc) is 2.18. The lowest BCUT2D eigenvalue weighted by atomic mass is 10.2. The molecule has 0 saturated carbocycles. The first kappa shape index (κ1) is 14.8. The maximum atomic E-state index is 12.0. The molecule has 0 fully saturated rings. The Morgan fingerprint density at radius 3 is 2.61 bits per heavy atom. The summed E-state index contributed by atoms with van der Waals surface area (Å²) in [5.74, 6) is -1.86. The molecule has 0 saturated heterocycles. The normalized spacial score (nSPS) is 11.2. The van der Waals surface area contributed by atoms with Gasteiger partial charge in [-0.25, -0.2) is 4.98 Å². The van der Waals surface area contributed by atoms with E-state index in [0.29, 0.717) is 0 Å². The van der Waals surface area contributed by atoms with Crippen molar-refractivity contribution in [2.24, 2.45) is 0 Å². The SMILES string of the molecule is COc1cc(OC(F)(F)F)nc(I)c1CC(=O)O. The zero-order valence-corrected chi connectivity index (χ0v) is 11.1. The number of pyridine rings is 1. The van der Waals surface area contributed by atoms with E-state index < -0.39 is 24.6 Å². The monoisotopic (exact) mass is 377 g/mol. The summed E-state index contributed by atoms with van der Waals surface area (Å²) in [6.45, 7) is 0. The van der Waals surface area contributed by atoms with E-state index in [4.69, 9.17) is 9.84 Å². The maximum absolute atomic E-state index is 12.0. The molecule has 1 aromatic rings. The van der Waals surface area contributed by atoms with Gasteiger partial charge in [0.15, 0.2) is 0 Å². The van der Waals surface area contributed by atoms with Crippen LogP contribution in [0.2, 0.25) is 0 Å². The quantitative estimate of drug-likeness (QED) is 0.644. The van der Waals surface area contributed by atoms with Crippen LogP contribution in [0.25, 0.3) is 0 Å². The van der Waals surface area contributed by atoms with Crippen molar-refractivity contribution < 1.29 is 32.5 Å². The van der Waals surface area contributed by atoms with Crippen LogP contribution in [-0.2, 0) is 11.2 Å². The minimum atomic E-state index is -4.87. The lowest BCUT2D eigenvalue weighted by Crippen LogP contribution is -2.18. The van der Waals surface area contributed by atoms with Crippen molar-refractivity contribution in [1.82, 2.24) is 4.98 Å². The van der Waals surface area contributed by atoms with Gasteiger partial charge in [-0.1, -0.05) is 0 Å². The molecule has 1 heterocycles. The molecule has 0 aliphatic carbocycles. The van der Waals surface area contributed by atoms with Crippen LogP contribution in [0.3, 0.4) is 0 Å². The Labute approximate surface area is 113 Å². The number of alkyl halides is 3. The Morgan fingerprint density at radius 1 is 1.56 bits per heavy atom. The molecule has 1 aromatic heterocycles. The molecule has 0 amide bonds. The van der Waals surface area contributed by atoms with Crippen LogP contribution in [0.5, 0.6) is 11.6 Å². The number of aromatic nitrogens is 1. The summed E-state index contributed by atoms with van der Waals surface area (Å²) < 4.78 is 44.6. The summed E-state index contributed by atoms with van der Waals surface area (Å²) in [6.07, 6.45) is -5.27. The lowest BCUT2D eigenvalue weighted by molar-refractivity contribution is -0.276. The number of carbonyl (C=O) groups is 1. The van der Waals surface area contributed by atoms with Crippen LogP contribution >= 0.6 is 22.6 Å².